The number of hydrogen-bond donors (Lipinski definition) is 0. The minimum Gasteiger partial charge on any atom is -0.329 e. The summed E-state index contributed by atoms with van der Waals surface area (Å²) in [6.07, 6.45) is 7.68. The number of benzene rings is 2. The van der Waals surface area contributed by atoms with Gasteiger partial charge in [-0.3, -0.25) is 4.79 Å². The van der Waals surface area contributed by atoms with Crippen LogP contribution in [-0.4, -0.2) is 22.9 Å². The average molecular weight is 263 g/mol. The standard InChI is InChI=1S/C18H17NO/c20-18(19-14-7-4-8-15(19)12-11-14)17-10-3-6-13-5-1-2-9-16(13)17/h1-7,9-10,14-15H,8,11-12H2. The topological polar surface area (TPSA) is 20.3 Å². The maximum atomic E-state index is 13.0. The highest BCUT2D eigenvalue weighted by Crippen LogP contribution is 2.33. The minimum atomic E-state index is 0.193. The van der Waals surface area contributed by atoms with E-state index in [1.54, 1.807) is 0 Å². The summed E-state index contributed by atoms with van der Waals surface area (Å²) in [6.45, 7) is 0. The molecule has 2 heterocycles. The van der Waals surface area contributed by atoms with E-state index in [1.165, 1.54) is 0 Å². The fourth-order valence-corrected chi connectivity index (χ4v) is 3.59. The second-order valence-corrected chi connectivity index (χ2v) is 5.70. The largest absolute Gasteiger partial charge is 0.329 e. The third kappa shape index (κ3) is 1.68. The molecule has 0 radical (unpaired) electrons. The summed E-state index contributed by atoms with van der Waals surface area (Å²) in [6, 6.07) is 14.8. The SMILES string of the molecule is O=C(c1cccc2ccccc12)N1C2C=CCC1CC2. The summed E-state index contributed by atoms with van der Waals surface area (Å²) < 4.78 is 0. The van der Waals surface area contributed by atoms with E-state index < -0.39 is 0 Å². The monoisotopic (exact) mass is 263 g/mol. The molecule has 2 aliphatic heterocycles. The molecule has 2 aromatic carbocycles. The van der Waals surface area contributed by atoms with E-state index in [1.807, 2.05) is 30.3 Å². The van der Waals surface area contributed by atoms with Gasteiger partial charge in [0.2, 0.25) is 0 Å². The molecule has 0 aliphatic carbocycles. The summed E-state index contributed by atoms with van der Waals surface area (Å²) in [5.41, 5.74) is 0.843. The average Bonchev–Trinajstić information content (AvgIpc) is 2.75. The molecular formula is C18H17NO. The summed E-state index contributed by atoms with van der Waals surface area (Å²) >= 11 is 0. The zero-order valence-electron chi connectivity index (χ0n) is 11.3. The van der Waals surface area contributed by atoms with Crippen LogP contribution in [0.3, 0.4) is 0 Å². The number of carbonyl (C=O) groups is 1. The predicted octanol–water partition coefficient (Wildman–Crippen LogP) is 3.77. The van der Waals surface area contributed by atoms with Crippen molar-refractivity contribution in [1.29, 1.82) is 0 Å². The summed E-state index contributed by atoms with van der Waals surface area (Å²) in [4.78, 5) is 15.1. The Balaban J connectivity index is 1.80. The molecule has 0 saturated carbocycles. The van der Waals surface area contributed by atoms with Gasteiger partial charge in [-0.15, -0.1) is 0 Å². The fourth-order valence-electron chi connectivity index (χ4n) is 3.59. The molecule has 1 fully saturated rings. The van der Waals surface area contributed by atoms with Crippen LogP contribution in [0.15, 0.2) is 54.6 Å². The Morgan fingerprint density at radius 1 is 1.05 bits per heavy atom. The molecule has 2 bridgehead atoms. The van der Waals surface area contributed by atoms with Crippen LogP contribution >= 0.6 is 0 Å². The van der Waals surface area contributed by atoms with Crippen LogP contribution in [0.5, 0.6) is 0 Å². The van der Waals surface area contributed by atoms with Gasteiger partial charge in [0.05, 0.1) is 6.04 Å². The summed E-state index contributed by atoms with van der Waals surface area (Å²) in [5.74, 6) is 0.193. The minimum absolute atomic E-state index is 0.193. The number of fused-ring (bicyclic) bond motifs is 3. The molecule has 2 atom stereocenters. The lowest BCUT2D eigenvalue weighted by Gasteiger charge is -2.31. The molecular weight excluding hydrogens is 246 g/mol. The van der Waals surface area contributed by atoms with Crippen molar-refractivity contribution in [3.8, 4) is 0 Å². The molecule has 2 aromatic rings. The van der Waals surface area contributed by atoms with E-state index >= 15 is 0 Å². The van der Waals surface area contributed by atoms with Crippen LogP contribution in [-0.2, 0) is 0 Å². The smallest absolute Gasteiger partial charge is 0.255 e. The third-order valence-corrected chi connectivity index (χ3v) is 4.57. The maximum Gasteiger partial charge on any atom is 0.255 e. The van der Waals surface area contributed by atoms with Crippen LogP contribution < -0.4 is 0 Å². The van der Waals surface area contributed by atoms with E-state index in [9.17, 15) is 4.79 Å². The third-order valence-electron chi connectivity index (χ3n) is 4.57. The van der Waals surface area contributed by atoms with Crippen molar-refractivity contribution in [2.75, 3.05) is 0 Å². The van der Waals surface area contributed by atoms with Gasteiger partial charge in [-0.25, -0.2) is 0 Å². The van der Waals surface area contributed by atoms with Crippen molar-refractivity contribution in [2.24, 2.45) is 0 Å². The molecule has 1 saturated heterocycles. The lowest BCUT2D eigenvalue weighted by molar-refractivity contribution is 0.0691. The molecule has 0 N–H and O–H groups in total. The molecule has 2 nitrogen and oxygen atoms in total. The first-order chi connectivity index (χ1) is 9.84. The summed E-state index contributed by atoms with van der Waals surface area (Å²) in [5, 5.41) is 2.20. The van der Waals surface area contributed by atoms with Gasteiger partial charge in [0.25, 0.3) is 5.91 Å². The van der Waals surface area contributed by atoms with E-state index in [0.29, 0.717) is 12.1 Å². The van der Waals surface area contributed by atoms with Crippen LogP contribution in [0.4, 0.5) is 0 Å². The van der Waals surface area contributed by atoms with Crippen molar-refractivity contribution in [2.45, 2.75) is 31.3 Å². The van der Waals surface area contributed by atoms with Gasteiger partial charge < -0.3 is 4.90 Å². The second kappa shape index (κ2) is 4.48. The van der Waals surface area contributed by atoms with Gasteiger partial charge in [-0.05, 0) is 36.1 Å². The Bertz CT molecular complexity index is 698. The van der Waals surface area contributed by atoms with E-state index in [4.69, 9.17) is 0 Å². The Hall–Kier alpha value is -2.09. The van der Waals surface area contributed by atoms with Crippen molar-refractivity contribution in [3.05, 3.63) is 60.2 Å². The van der Waals surface area contributed by atoms with E-state index in [0.717, 1.165) is 35.6 Å². The lowest BCUT2D eigenvalue weighted by Crippen LogP contribution is -2.42. The highest BCUT2D eigenvalue weighted by atomic mass is 16.2. The molecule has 100 valence electrons. The molecule has 2 aliphatic rings. The van der Waals surface area contributed by atoms with Gasteiger partial charge in [-0.2, -0.15) is 0 Å². The highest BCUT2D eigenvalue weighted by molar-refractivity contribution is 6.07. The van der Waals surface area contributed by atoms with Crippen LogP contribution in [0, 0.1) is 0 Å². The quantitative estimate of drug-likeness (QED) is 0.717. The van der Waals surface area contributed by atoms with Gasteiger partial charge in [0.1, 0.15) is 0 Å². The first kappa shape index (κ1) is 11.7. The number of amides is 1. The Kier molecular flexibility index (Phi) is 2.62. The van der Waals surface area contributed by atoms with Crippen LogP contribution in [0.1, 0.15) is 29.6 Å². The van der Waals surface area contributed by atoms with Gasteiger partial charge >= 0.3 is 0 Å². The van der Waals surface area contributed by atoms with E-state index in [2.05, 4.69) is 29.2 Å². The van der Waals surface area contributed by atoms with Gasteiger partial charge in [0.15, 0.2) is 0 Å². The fraction of sp³-hybridized carbons (Fsp3) is 0.278. The first-order valence-electron chi connectivity index (χ1n) is 7.32. The molecule has 20 heavy (non-hydrogen) atoms. The van der Waals surface area contributed by atoms with Crippen molar-refractivity contribution in [1.82, 2.24) is 4.90 Å². The maximum absolute atomic E-state index is 13.0. The van der Waals surface area contributed by atoms with E-state index in [-0.39, 0.29) is 5.91 Å². The molecule has 2 heteroatoms. The van der Waals surface area contributed by atoms with Crippen LogP contribution in [0.25, 0.3) is 10.8 Å². The van der Waals surface area contributed by atoms with Crippen LogP contribution in [0.2, 0.25) is 0 Å². The Labute approximate surface area is 118 Å². The number of rotatable bonds is 1. The predicted molar refractivity (Wildman–Crippen MR) is 80.7 cm³/mol. The molecule has 4 rings (SSSR count). The molecule has 0 aromatic heterocycles. The summed E-state index contributed by atoms with van der Waals surface area (Å²) in [7, 11) is 0. The number of carbonyl (C=O) groups excluding carboxylic acids is 1. The molecule has 2 unspecified atom stereocenters. The molecule has 0 spiro atoms. The van der Waals surface area contributed by atoms with Gasteiger partial charge in [0, 0.05) is 11.6 Å². The highest BCUT2D eigenvalue weighted by Gasteiger charge is 2.37. The normalized spacial score (nSPS) is 24.3. The lowest BCUT2D eigenvalue weighted by atomic mass is 10.0. The van der Waals surface area contributed by atoms with Gasteiger partial charge in [-0.1, -0.05) is 48.6 Å². The second-order valence-electron chi connectivity index (χ2n) is 5.70. The van der Waals surface area contributed by atoms with Crippen molar-refractivity contribution >= 4 is 16.7 Å². The Morgan fingerprint density at radius 3 is 2.80 bits per heavy atom. The van der Waals surface area contributed by atoms with Crippen molar-refractivity contribution < 1.29 is 4.79 Å². The Morgan fingerprint density at radius 2 is 1.90 bits per heavy atom. The van der Waals surface area contributed by atoms with Crippen molar-refractivity contribution in [3.63, 3.8) is 0 Å². The zero-order valence-corrected chi connectivity index (χ0v) is 11.3. The zero-order chi connectivity index (χ0) is 13.5. The number of hydrogen-bond acceptors (Lipinski definition) is 1. The first-order valence-corrected chi connectivity index (χ1v) is 7.32. The number of nitrogens with zero attached hydrogens (tertiary/aromatic N) is 1. The molecule has 1 amide bonds.